The van der Waals surface area contributed by atoms with Crippen LogP contribution in [0.3, 0.4) is 0 Å². The third-order valence-corrected chi connectivity index (χ3v) is 7.64. The molecule has 2 amide bonds. The molecule has 0 spiro atoms. The van der Waals surface area contributed by atoms with Crippen molar-refractivity contribution in [3.05, 3.63) is 11.6 Å². The third-order valence-electron chi connectivity index (χ3n) is 5.69. The fourth-order valence-electron chi connectivity index (χ4n) is 4.38. The van der Waals surface area contributed by atoms with Gasteiger partial charge in [-0.25, -0.2) is 34.8 Å². The lowest BCUT2D eigenvalue weighted by molar-refractivity contribution is -0.120. The van der Waals surface area contributed by atoms with E-state index >= 15 is 0 Å². The van der Waals surface area contributed by atoms with Crippen LogP contribution in [-0.4, -0.2) is 69.1 Å². The van der Waals surface area contributed by atoms with E-state index in [0.29, 0.717) is 56.9 Å². The zero-order valence-electron chi connectivity index (χ0n) is 22.4. The Kier molecular flexibility index (Phi) is 9.93. The fraction of sp³-hybridized carbons (Fsp3) is 0.560. The number of rotatable bonds is 13. The second kappa shape index (κ2) is 12.7. The van der Waals surface area contributed by atoms with Crippen LogP contribution in [-0.2, 0) is 9.59 Å². The second-order valence-electron chi connectivity index (χ2n) is 8.81. The molecule has 10 nitrogen and oxygen atoms in total. The summed E-state index contributed by atoms with van der Waals surface area (Å²) < 4.78 is 1.31. The number of carboxylic acid groups (broad SMARTS) is 1. The Morgan fingerprint density at radius 3 is 1.35 bits per heavy atom. The summed E-state index contributed by atoms with van der Waals surface area (Å²) in [7, 11) is 0. The Balaban J connectivity index is 2.19. The van der Waals surface area contributed by atoms with E-state index < -0.39 is 5.97 Å². The number of carbonyl (C=O) groups excluding carboxylic acids is 2. The number of carbonyl (C=O) groups is 3. The van der Waals surface area contributed by atoms with E-state index in [1.807, 2.05) is 43.8 Å². The van der Waals surface area contributed by atoms with Gasteiger partial charge >= 0.3 is 5.97 Å². The molecular formula is C25H36N6O4S2. The van der Waals surface area contributed by atoms with Crippen molar-refractivity contribution in [1.29, 1.82) is 0 Å². The van der Waals surface area contributed by atoms with Crippen LogP contribution in [0, 0.1) is 0 Å². The molecule has 37 heavy (non-hydrogen) atoms. The van der Waals surface area contributed by atoms with E-state index in [2.05, 4.69) is 9.97 Å². The molecule has 0 radical (unpaired) electrons. The van der Waals surface area contributed by atoms with E-state index in [-0.39, 0.29) is 17.4 Å². The first-order chi connectivity index (χ1) is 17.7. The second-order valence-corrected chi connectivity index (χ2v) is 10.8. The molecule has 0 aliphatic heterocycles. The average molecular weight is 549 g/mol. The fourth-order valence-corrected chi connectivity index (χ4v) is 6.62. The molecule has 12 heteroatoms. The van der Waals surface area contributed by atoms with Gasteiger partial charge in [-0.2, -0.15) is 0 Å². The maximum atomic E-state index is 12.7. The molecule has 202 valence electrons. The van der Waals surface area contributed by atoms with E-state index in [4.69, 9.17) is 0 Å². The van der Waals surface area contributed by atoms with Crippen LogP contribution >= 0.6 is 22.7 Å². The molecule has 0 atom stereocenters. The van der Waals surface area contributed by atoms with Gasteiger partial charge in [-0.15, -0.1) is 0 Å². The van der Waals surface area contributed by atoms with Gasteiger partial charge in [0.15, 0.2) is 0 Å². The number of hydrogen-bond donors (Lipinski definition) is 1. The summed E-state index contributed by atoms with van der Waals surface area (Å²) in [5.74, 6) is -1.50. The third kappa shape index (κ3) is 6.08. The van der Waals surface area contributed by atoms with Crippen LogP contribution in [0.5, 0.6) is 0 Å². The highest BCUT2D eigenvalue weighted by molar-refractivity contribution is 7.24. The molecule has 3 aromatic rings. The molecule has 3 rings (SSSR count). The Hall–Kier alpha value is -2.67. The highest BCUT2D eigenvalue weighted by Gasteiger charge is 2.29. The Morgan fingerprint density at radius 2 is 1.08 bits per heavy atom. The molecule has 0 aliphatic carbocycles. The topological polar surface area (TPSA) is 110 Å². The first-order valence-electron chi connectivity index (χ1n) is 12.8. The van der Waals surface area contributed by atoms with Crippen LogP contribution in [0.25, 0.3) is 20.4 Å². The number of fused-ring (bicyclic) bond motifs is 2. The van der Waals surface area contributed by atoms with Gasteiger partial charge in [0.2, 0.25) is 22.1 Å². The predicted octanol–water partition coefficient (Wildman–Crippen LogP) is 5.38. The minimum atomic E-state index is -1.15. The van der Waals surface area contributed by atoms with Crippen molar-refractivity contribution in [3.8, 4) is 0 Å². The van der Waals surface area contributed by atoms with Crippen molar-refractivity contribution in [3.63, 3.8) is 0 Å². The first-order valence-corrected chi connectivity index (χ1v) is 14.4. The van der Waals surface area contributed by atoms with E-state index in [1.165, 1.54) is 36.5 Å². The van der Waals surface area contributed by atoms with E-state index in [0.717, 1.165) is 25.7 Å². The number of carboxylic acids is 1. The van der Waals surface area contributed by atoms with Crippen molar-refractivity contribution in [2.24, 2.45) is 0 Å². The van der Waals surface area contributed by atoms with Gasteiger partial charge in [0.1, 0.15) is 16.6 Å². The number of hydrazine groups is 2. The van der Waals surface area contributed by atoms with Crippen molar-refractivity contribution in [2.75, 3.05) is 36.2 Å². The van der Waals surface area contributed by atoms with Gasteiger partial charge in [0.05, 0.1) is 9.40 Å². The predicted molar refractivity (Wildman–Crippen MR) is 150 cm³/mol. The van der Waals surface area contributed by atoms with Gasteiger partial charge < -0.3 is 5.11 Å². The molecular weight excluding hydrogens is 512 g/mol. The standard InChI is InChI=1S/C25H36N6O4S2/c1-7-11-28(12-8-2)30(16(5)32)24-26-21-18(36-24)15-19-22(20(21)23(34)35)27-25(37-19)31(17(6)33)29(13-9-3)14-10-4/h15H,7-14H2,1-6H3,(H,34,35). The molecule has 1 aromatic carbocycles. The molecule has 2 aromatic heterocycles. The lowest BCUT2D eigenvalue weighted by Gasteiger charge is -2.31. The van der Waals surface area contributed by atoms with Crippen molar-refractivity contribution >= 4 is 71.2 Å². The molecule has 1 N–H and O–H groups in total. The summed E-state index contributed by atoms with van der Waals surface area (Å²) in [5.41, 5.74) is 0.577. The van der Waals surface area contributed by atoms with Crippen LogP contribution in [0.1, 0.15) is 77.6 Å². The van der Waals surface area contributed by atoms with E-state index in [1.54, 1.807) is 10.0 Å². The summed E-state index contributed by atoms with van der Waals surface area (Å²) in [6, 6.07) is 1.87. The Labute approximate surface area is 225 Å². The van der Waals surface area contributed by atoms with Gasteiger partial charge in [-0.1, -0.05) is 50.4 Å². The summed E-state index contributed by atoms with van der Waals surface area (Å²) in [6.45, 7) is 13.9. The Bertz CT molecular complexity index is 1170. The highest BCUT2D eigenvalue weighted by Crippen LogP contribution is 2.40. The minimum Gasteiger partial charge on any atom is -0.478 e. The summed E-state index contributed by atoms with van der Waals surface area (Å²) in [4.78, 5) is 47.1. The molecule has 0 bridgehead atoms. The molecule has 0 saturated heterocycles. The molecule has 0 fully saturated rings. The lowest BCUT2D eigenvalue weighted by Crippen LogP contribution is -2.46. The molecule has 0 aliphatic rings. The van der Waals surface area contributed by atoms with Crippen LogP contribution < -0.4 is 10.0 Å². The average Bonchev–Trinajstić information content (AvgIpc) is 3.40. The first kappa shape index (κ1) is 28.9. The highest BCUT2D eigenvalue weighted by atomic mass is 32.1. The number of benzene rings is 1. The maximum Gasteiger partial charge on any atom is 0.340 e. The smallest absolute Gasteiger partial charge is 0.340 e. The minimum absolute atomic E-state index is 0.0143. The van der Waals surface area contributed by atoms with Gasteiger partial charge in [-0.05, 0) is 31.7 Å². The maximum absolute atomic E-state index is 12.7. The summed E-state index contributed by atoms with van der Waals surface area (Å²) in [6.07, 6.45) is 3.43. The summed E-state index contributed by atoms with van der Waals surface area (Å²) >= 11 is 2.57. The number of aromatic nitrogens is 2. The monoisotopic (exact) mass is 548 g/mol. The largest absolute Gasteiger partial charge is 0.478 e. The number of amides is 2. The number of hydrogen-bond acceptors (Lipinski definition) is 9. The van der Waals surface area contributed by atoms with Crippen molar-refractivity contribution < 1.29 is 19.5 Å². The SMILES string of the molecule is CCCN(CCC)N(C(C)=O)c1nc2c(C(=O)O)c3nc(N(C(C)=O)N(CCC)CCC)sc3cc2s1. The number of anilines is 2. The number of thiazole rings is 2. The molecule has 0 unspecified atom stereocenters. The van der Waals surface area contributed by atoms with Crippen LogP contribution in [0.15, 0.2) is 6.07 Å². The van der Waals surface area contributed by atoms with Gasteiger partial charge in [0.25, 0.3) is 0 Å². The quantitative estimate of drug-likeness (QED) is 0.283. The van der Waals surface area contributed by atoms with Gasteiger partial charge in [-0.3, -0.25) is 9.59 Å². The normalized spacial score (nSPS) is 11.7. The van der Waals surface area contributed by atoms with Crippen LogP contribution in [0.2, 0.25) is 0 Å². The zero-order valence-corrected chi connectivity index (χ0v) is 24.0. The molecule has 2 heterocycles. The number of nitrogens with zero attached hydrogens (tertiary/aromatic N) is 6. The van der Waals surface area contributed by atoms with Crippen LogP contribution in [0.4, 0.5) is 10.3 Å². The van der Waals surface area contributed by atoms with Gasteiger partial charge in [0, 0.05) is 40.0 Å². The lowest BCUT2D eigenvalue weighted by atomic mass is 10.1. The summed E-state index contributed by atoms with van der Waals surface area (Å²) in [5, 5.41) is 18.1. The van der Waals surface area contributed by atoms with Crippen molar-refractivity contribution in [2.45, 2.75) is 67.2 Å². The zero-order chi connectivity index (χ0) is 27.3. The Morgan fingerprint density at radius 1 is 0.730 bits per heavy atom. The van der Waals surface area contributed by atoms with E-state index in [9.17, 15) is 19.5 Å². The van der Waals surface area contributed by atoms with Crippen molar-refractivity contribution in [1.82, 2.24) is 20.0 Å². The number of aromatic carboxylic acids is 1. The molecule has 0 saturated carbocycles.